The molecule has 7 heteroatoms. The van der Waals surface area contributed by atoms with E-state index in [-0.39, 0.29) is 5.02 Å². The summed E-state index contributed by atoms with van der Waals surface area (Å²) in [5.74, 6) is 0. The zero-order valence-electron chi connectivity index (χ0n) is 11.9. The molecule has 110 valence electrons. The molecule has 0 spiro atoms. The standard InChI is InChI=1S/C13H17BClF2NO2/c1-12(2)13(3,4)20-14(19-12)10-6-9(15)8(7-18-10)5-11(16)17/h6-7,11H,5H2,1-4H3. The molecule has 0 atom stereocenters. The Kier molecular flexibility index (Phi) is 4.11. The Morgan fingerprint density at radius 2 is 1.80 bits per heavy atom. The van der Waals surface area contributed by atoms with Gasteiger partial charge in [-0.3, -0.25) is 4.98 Å². The van der Waals surface area contributed by atoms with Crippen LogP contribution in [0.4, 0.5) is 8.78 Å². The summed E-state index contributed by atoms with van der Waals surface area (Å²) in [7, 11) is -0.641. The average Bonchev–Trinajstić information content (AvgIpc) is 2.50. The third kappa shape index (κ3) is 2.97. The fraction of sp³-hybridized carbons (Fsp3) is 0.615. The maximum absolute atomic E-state index is 12.4. The first-order valence-electron chi connectivity index (χ1n) is 6.40. The van der Waals surface area contributed by atoms with Crippen molar-refractivity contribution in [1.29, 1.82) is 0 Å². The fourth-order valence-corrected chi connectivity index (χ4v) is 2.12. The summed E-state index contributed by atoms with van der Waals surface area (Å²) >= 11 is 6.01. The molecular formula is C13H17BClF2NO2. The van der Waals surface area contributed by atoms with E-state index in [4.69, 9.17) is 20.9 Å². The van der Waals surface area contributed by atoms with Gasteiger partial charge in [0.05, 0.1) is 16.8 Å². The van der Waals surface area contributed by atoms with E-state index >= 15 is 0 Å². The summed E-state index contributed by atoms with van der Waals surface area (Å²) in [4.78, 5) is 4.14. The van der Waals surface area contributed by atoms with Gasteiger partial charge in [0.25, 0.3) is 0 Å². The van der Waals surface area contributed by atoms with Crippen molar-refractivity contribution in [3.63, 3.8) is 0 Å². The third-order valence-electron chi connectivity index (χ3n) is 3.82. The van der Waals surface area contributed by atoms with Crippen molar-refractivity contribution in [1.82, 2.24) is 4.98 Å². The number of hydrogen-bond donors (Lipinski definition) is 0. The summed E-state index contributed by atoms with van der Waals surface area (Å²) in [5.41, 5.74) is -0.144. The number of nitrogens with zero attached hydrogens (tertiary/aromatic N) is 1. The van der Waals surface area contributed by atoms with Crippen LogP contribution < -0.4 is 5.59 Å². The summed E-state index contributed by atoms with van der Waals surface area (Å²) in [5, 5.41) is 0.255. The highest BCUT2D eigenvalue weighted by Crippen LogP contribution is 2.36. The fourth-order valence-electron chi connectivity index (χ4n) is 1.88. The van der Waals surface area contributed by atoms with E-state index in [0.717, 1.165) is 0 Å². The largest absolute Gasteiger partial charge is 0.514 e. The molecule has 1 fully saturated rings. The van der Waals surface area contributed by atoms with E-state index in [2.05, 4.69) is 4.98 Å². The molecule has 1 aliphatic rings. The second-order valence-corrected chi connectivity index (χ2v) is 6.29. The van der Waals surface area contributed by atoms with Crippen LogP contribution in [-0.4, -0.2) is 29.7 Å². The summed E-state index contributed by atoms with van der Waals surface area (Å²) in [6.45, 7) is 7.72. The van der Waals surface area contributed by atoms with Gasteiger partial charge < -0.3 is 9.31 Å². The Morgan fingerprint density at radius 1 is 1.25 bits per heavy atom. The Bertz CT molecular complexity index is 495. The molecule has 0 unspecified atom stereocenters. The molecule has 1 saturated heterocycles. The lowest BCUT2D eigenvalue weighted by molar-refractivity contribution is 0.00578. The van der Waals surface area contributed by atoms with Gasteiger partial charge >= 0.3 is 7.12 Å². The van der Waals surface area contributed by atoms with Crippen molar-refractivity contribution in [3.05, 3.63) is 22.8 Å². The molecule has 0 bridgehead atoms. The average molecular weight is 304 g/mol. The molecule has 0 amide bonds. The Labute approximate surface area is 122 Å². The quantitative estimate of drug-likeness (QED) is 0.805. The van der Waals surface area contributed by atoms with Crippen LogP contribution in [0.15, 0.2) is 12.3 Å². The number of alkyl halides is 2. The lowest BCUT2D eigenvalue weighted by Crippen LogP contribution is -2.41. The van der Waals surface area contributed by atoms with Gasteiger partial charge in [0.2, 0.25) is 6.43 Å². The van der Waals surface area contributed by atoms with Crippen molar-refractivity contribution in [2.24, 2.45) is 0 Å². The van der Waals surface area contributed by atoms with E-state index in [0.29, 0.717) is 11.2 Å². The van der Waals surface area contributed by atoms with E-state index in [1.807, 2.05) is 27.7 Å². The van der Waals surface area contributed by atoms with E-state index in [1.165, 1.54) is 12.3 Å². The molecule has 0 radical (unpaired) electrons. The zero-order chi connectivity index (χ0) is 15.1. The van der Waals surface area contributed by atoms with Gasteiger partial charge in [-0.2, -0.15) is 0 Å². The number of pyridine rings is 1. The first-order chi connectivity index (χ1) is 9.12. The van der Waals surface area contributed by atoms with Crippen LogP contribution in [0.2, 0.25) is 5.02 Å². The van der Waals surface area contributed by atoms with Gasteiger partial charge in [-0.1, -0.05) is 11.6 Å². The van der Waals surface area contributed by atoms with Crippen LogP contribution >= 0.6 is 11.6 Å². The molecule has 3 nitrogen and oxygen atoms in total. The van der Waals surface area contributed by atoms with Crippen LogP contribution in [0.25, 0.3) is 0 Å². The van der Waals surface area contributed by atoms with E-state index in [9.17, 15) is 8.78 Å². The molecule has 20 heavy (non-hydrogen) atoms. The van der Waals surface area contributed by atoms with Crippen LogP contribution in [0.5, 0.6) is 0 Å². The monoisotopic (exact) mass is 303 g/mol. The van der Waals surface area contributed by atoms with Crippen molar-refractivity contribution >= 4 is 24.3 Å². The predicted octanol–water partition coefficient (Wildman–Crippen LogP) is 2.84. The molecular weight excluding hydrogens is 286 g/mol. The molecule has 0 saturated carbocycles. The normalized spacial score (nSPS) is 20.7. The molecule has 0 aliphatic carbocycles. The minimum Gasteiger partial charge on any atom is -0.398 e. The maximum atomic E-state index is 12.4. The lowest BCUT2D eigenvalue weighted by Gasteiger charge is -2.32. The minimum absolute atomic E-state index is 0.255. The van der Waals surface area contributed by atoms with Gasteiger partial charge in [0, 0.05) is 17.6 Å². The third-order valence-corrected chi connectivity index (χ3v) is 4.17. The van der Waals surface area contributed by atoms with Crippen molar-refractivity contribution in [2.75, 3.05) is 0 Å². The summed E-state index contributed by atoms with van der Waals surface area (Å²) in [6, 6.07) is 1.53. The Hall–Kier alpha value is -0.715. The molecule has 2 heterocycles. The van der Waals surface area contributed by atoms with Crippen molar-refractivity contribution < 1.29 is 18.1 Å². The van der Waals surface area contributed by atoms with E-state index < -0.39 is 31.2 Å². The van der Waals surface area contributed by atoms with Crippen LogP contribution in [0.3, 0.4) is 0 Å². The topological polar surface area (TPSA) is 31.4 Å². The number of rotatable bonds is 3. The highest BCUT2D eigenvalue weighted by atomic mass is 35.5. The number of aromatic nitrogens is 1. The van der Waals surface area contributed by atoms with E-state index in [1.54, 1.807) is 0 Å². The minimum atomic E-state index is -2.45. The first kappa shape index (κ1) is 15.7. The Morgan fingerprint density at radius 3 is 2.25 bits per heavy atom. The first-order valence-corrected chi connectivity index (χ1v) is 6.78. The van der Waals surface area contributed by atoms with Crippen LogP contribution in [0, 0.1) is 0 Å². The van der Waals surface area contributed by atoms with Crippen molar-refractivity contribution in [2.45, 2.75) is 51.7 Å². The van der Waals surface area contributed by atoms with Gasteiger partial charge in [-0.15, -0.1) is 0 Å². The van der Waals surface area contributed by atoms with Crippen LogP contribution in [0.1, 0.15) is 33.3 Å². The second-order valence-electron chi connectivity index (χ2n) is 5.88. The summed E-state index contributed by atoms with van der Waals surface area (Å²) < 4.78 is 36.4. The SMILES string of the molecule is CC1(C)OB(c2cc(Cl)c(CC(F)F)cn2)OC1(C)C. The summed E-state index contributed by atoms with van der Waals surface area (Å²) in [6.07, 6.45) is -1.50. The van der Waals surface area contributed by atoms with Gasteiger partial charge in [0.1, 0.15) is 0 Å². The highest BCUT2D eigenvalue weighted by Gasteiger charge is 2.52. The van der Waals surface area contributed by atoms with Gasteiger partial charge in [-0.25, -0.2) is 8.78 Å². The molecule has 1 aromatic heterocycles. The zero-order valence-corrected chi connectivity index (χ0v) is 12.7. The smallest absolute Gasteiger partial charge is 0.398 e. The lowest BCUT2D eigenvalue weighted by atomic mass is 9.84. The highest BCUT2D eigenvalue weighted by molar-refractivity contribution is 6.61. The molecule has 1 aliphatic heterocycles. The number of halogens is 3. The maximum Gasteiger partial charge on any atom is 0.514 e. The molecule has 1 aromatic rings. The van der Waals surface area contributed by atoms with Gasteiger partial charge in [-0.05, 0) is 39.3 Å². The molecule has 0 aromatic carbocycles. The second kappa shape index (κ2) is 5.24. The predicted molar refractivity (Wildman–Crippen MR) is 74.7 cm³/mol. The van der Waals surface area contributed by atoms with Gasteiger partial charge in [0.15, 0.2) is 0 Å². The Balaban J connectivity index is 2.22. The van der Waals surface area contributed by atoms with Crippen molar-refractivity contribution in [3.8, 4) is 0 Å². The number of hydrogen-bond acceptors (Lipinski definition) is 3. The van der Waals surface area contributed by atoms with Crippen LogP contribution in [-0.2, 0) is 15.7 Å². The molecule has 0 N–H and O–H groups in total. The molecule has 2 rings (SSSR count).